The van der Waals surface area contributed by atoms with Gasteiger partial charge in [-0.3, -0.25) is 0 Å². The summed E-state index contributed by atoms with van der Waals surface area (Å²) in [5, 5.41) is 7.38. The van der Waals surface area contributed by atoms with Crippen LogP contribution in [0.2, 0.25) is 0 Å². The highest BCUT2D eigenvalue weighted by Crippen LogP contribution is 2.33. The Kier molecular flexibility index (Phi) is 4.15. The number of nitrogens with zero attached hydrogens (tertiary/aromatic N) is 3. The van der Waals surface area contributed by atoms with Crippen LogP contribution in [0, 0.1) is 5.92 Å². The van der Waals surface area contributed by atoms with Gasteiger partial charge < -0.3 is 14.6 Å². The quantitative estimate of drug-likeness (QED) is 0.834. The van der Waals surface area contributed by atoms with E-state index in [0.29, 0.717) is 30.1 Å². The number of likely N-dealkylation sites (N-methyl/N-ethyl adjacent to an activating group) is 1. The third-order valence-corrected chi connectivity index (χ3v) is 3.84. The van der Waals surface area contributed by atoms with Gasteiger partial charge >= 0.3 is 0 Å². The van der Waals surface area contributed by atoms with E-state index in [1.807, 2.05) is 19.2 Å². The molecule has 1 aliphatic carbocycles. The highest BCUT2D eigenvalue weighted by atomic mass is 16.5. The van der Waals surface area contributed by atoms with Crippen molar-refractivity contribution in [3.8, 4) is 5.88 Å². The first-order chi connectivity index (χ1) is 10.3. The molecule has 0 aromatic carbocycles. The van der Waals surface area contributed by atoms with Gasteiger partial charge in [0.25, 0.3) is 0 Å². The SMILES string of the molecule is CNC(Cc1nc(Cc2ccc(OC)nc2)no1)C1CC1. The fraction of sp³-hybridized carbons (Fsp3) is 0.533. The number of pyridine rings is 1. The Hall–Kier alpha value is -1.95. The smallest absolute Gasteiger partial charge is 0.228 e. The summed E-state index contributed by atoms with van der Waals surface area (Å²) < 4.78 is 10.4. The van der Waals surface area contributed by atoms with E-state index in [1.165, 1.54) is 12.8 Å². The van der Waals surface area contributed by atoms with Crippen molar-refractivity contribution in [1.82, 2.24) is 20.4 Å². The number of aromatic nitrogens is 3. The molecule has 1 unspecified atom stereocenters. The summed E-state index contributed by atoms with van der Waals surface area (Å²) in [7, 11) is 3.59. The van der Waals surface area contributed by atoms with Gasteiger partial charge in [0.15, 0.2) is 5.82 Å². The molecular weight excluding hydrogens is 268 g/mol. The molecule has 1 fully saturated rings. The molecule has 0 aliphatic heterocycles. The molecule has 0 spiro atoms. The maximum atomic E-state index is 5.35. The Balaban J connectivity index is 1.61. The van der Waals surface area contributed by atoms with E-state index in [-0.39, 0.29) is 0 Å². The lowest BCUT2D eigenvalue weighted by Crippen LogP contribution is -2.29. The summed E-state index contributed by atoms with van der Waals surface area (Å²) in [6, 6.07) is 4.24. The molecule has 112 valence electrons. The largest absolute Gasteiger partial charge is 0.481 e. The average Bonchev–Trinajstić information content (AvgIpc) is 3.27. The third-order valence-electron chi connectivity index (χ3n) is 3.84. The molecule has 1 aliphatic rings. The molecule has 2 heterocycles. The second-order valence-corrected chi connectivity index (χ2v) is 5.43. The van der Waals surface area contributed by atoms with Crippen molar-refractivity contribution in [3.05, 3.63) is 35.6 Å². The van der Waals surface area contributed by atoms with Crippen molar-refractivity contribution >= 4 is 0 Å². The summed E-state index contributed by atoms with van der Waals surface area (Å²) >= 11 is 0. The van der Waals surface area contributed by atoms with Gasteiger partial charge in [0.05, 0.1) is 7.11 Å². The predicted molar refractivity (Wildman–Crippen MR) is 77.2 cm³/mol. The van der Waals surface area contributed by atoms with Crippen molar-refractivity contribution < 1.29 is 9.26 Å². The number of rotatable bonds is 7. The van der Waals surface area contributed by atoms with Gasteiger partial charge in [0.2, 0.25) is 11.8 Å². The number of hydrogen-bond acceptors (Lipinski definition) is 6. The molecule has 6 heteroatoms. The van der Waals surface area contributed by atoms with Gasteiger partial charge in [0, 0.05) is 31.1 Å². The van der Waals surface area contributed by atoms with E-state index in [0.717, 1.165) is 17.9 Å². The normalized spacial score (nSPS) is 15.9. The Morgan fingerprint density at radius 1 is 1.43 bits per heavy atom. The molecule has 1 saturated carbocycles. The van der Waals surface area contributed by atoms with Crippen molar-refractivity contribution in [2.45, 2.75) is 31.7 Å². The number of nitrogens with one attached hydrogen (secondary N) is 1. The lowest BCUT2D eigenvalue weighted by atomic mass is 10.1. The van der Waals surface area contributed by atoms with Gasteiger partial charge in [-0.05, 0) is 31.4 Å². The van der Waals surface area contributed by atoms with E-state index >= 15 is 0 Å². The second kappa shape index (κ2) is 6.22. The van der Waals surface area contributed by atoms with Crippen LogP contribution in [0.5, 0.6) is 5.88 Å². The zero-order valence-corrected chi connectivity index (χ0v) is 12.4. The van der Waals surface area contributed by atoms with Gasteiger partial charge in [-0.15, -0.1) is 0 Å². The number of ether oxygens (including phenoxy) is 1. The zero-order chi connectivity index (χ0) is 14.7. The van der Waals surface area contributed by atoms with E-state index in [1.54, 1.807) is 13.3 Å². The van der Waals surface area contributed by atoms with Crippen LogP contribution in [0.1, 0.15) is 30.1 Å². The third kappa shape index (κ3) is 3.58. The van der Waals surface area contributed by atoms with Gasteiger partial charge in [-0.25, -0.2) is 4.98 Å². The van der Waals surface area contributed by atoms with E-state index in [9.17, 15) is 0 Å². The molecule has 0 radical (unpaired) electrons. The molecule has 0 amide bonds. The molecular formula is C15H20N4O2. The molecule has 3 rings (SSSR count). The highest BCUT2D eigenvalue weighted by Gasteiger charge is 2.31. The Morgan fingerprint density at radius 2 is 2.29 bits per heavy atom. The minimum Gasteiger partial charge on any atom is -0.481 e. The number of methoxy groups -OCH3 is 1. The van der Waals surface area contributed by atoms with Crippen LogP contribution in [-0.2, 0) is 12.8 Å². The number of hydrogen-bond donors (Lipinski definition) is 1. The maximum absolute atomic E-state index is 5.35. The van der Waals surface area contributed by atoms with Crippen molar-refractivity contribution in [3.63, 3.8) is 0 Å². The molecule has 6 nitrogen and oxygen atoms in total. The Labute approximate surface area is 123 Å². The van der Waals surface area contributed by atoms with Crippen LogP contribution >= 0.6 is 0 Å². The first-order valence-corrected chi connectivity index (χ1v) is 7.26. The van der Waals surface area contributed by atoms with Gasteiger partial charge in [-0.2, -0.15) is 4.98 Å². The molecule has 0 bridgehead atoms. The summed E-state index contributed by atoms with van der Waals surface area (Å²) in [5.74, 6) is 2.77. The van der Waals surface area contributed by atoms with Crippen LogP contribution in [0.15, 0.2) is 22.9 Å². The first kappa shape index (κ1) is 14.0. The van der Waals surface area contributed by atoms with Crippen molar-refractivity contribution in [2.75, 3.05) is 14.2 Å². The maximum Gasteiger partial charge on any atom is 0.228 e. The summed E-state index contributed by atoms with van der Waals surface area (Å²) in [5.41, 5.74) is 1.04. The average molecular weight is 288 g/mol. The summed E-state index contributed by atoms with van der Waals surface area (Å²) in [6.45, 7) is 0. The van der Waals surface area contributed by atoms with Crippen LogP contribution in [0.4, 0.5) is 0 Å². The first-order valence-electron chi connectivity index (χ1n) is 7.26. The van der Waals surface area contributed by atoms with E-state index < -0.39 is 0 Å². The Bertz CT molecular complexity index is 578. The van der Waals surface area contributed by atoms with Gasteiger partial charge in [-0.1, -0.05) is 11.2 Å². The van der Waals surface area contributed by atoms with Crippen LogP contribution in [0.25, 0.3) is 0 Å². The fourth-order valence-corrected chi connectivity index (χ4v) is 2.45. The molecule has 2 aromatic heterocycles. The molecule has 1 N–H and O–H groups in total. The Morgan fingerprint density at radius 3 is 2.90 bits per heavy atom. The van der Waals surface area contributed by atoms with E-state index in [4.69, 9.17) is 9.26 Å². The monoisotopic (exact) mass is 288 g/mol. The topological polar surface area (TPSA) is 73.1 Å². The van der Waals surface area contributed by atoms with Crippen molar-refractivity contribution in [2.24, 2.45) is 5.92 Å². The minimum atomic E-state index is 0.445. The lowest BCUT2D eigenvalue weighted by Gasteiger charge is -2.11. The minimum absolute atomic E-state index is 0.445. The predicted octanol–water partition coefficient (Wildman–Crippen LogP) is 1.60. The molecule has 2 aromatic rings. The standard InChI is InChI=1S/C15H20N4O2/c1-16-12(11-4-5-11)8-15-18-13(19-21-15)7-10-3-6-14(20-2)17-9-10/h3,6,9,11-12,16H,4-5,7-8H2,1-2H3. The highest BCUT2D eigenvalue weighted by molar-refractivity contribution is 5.20. The van der Waals surface area contributed by atoms with Gasteiger partial charge in [0.1, 0.15) is 0 Å². The van der Waals surface area contributed by atoms with Crippen LogP contribution in [-0.4, -0.2) is 35.3 Å². The molecule has 21 heavy (non-hydrogen) atoms. The molecule has 1 atom stereocenters. The zero-order valence-electron chi connectivity index (χ0n) is 12.4. The second-order valence-electron chi connectivity index (χ2n) is 5.43. The lowest BCUT2D eigenvalue weighted by molar-refractivity contribution is 0.349. The van der Waals surface area contributed by atoms with Crippen LogP contribution < -0.4 is 10.1 Å². The molecule has 0 saturated heterocycles. The van der Waals surface area contributed by atoms with Crippen LogP contribution in [0.3, 0.4) is 0 Å². The summed E-state index contributed by atoms with van der Waals surface area (Å²) in [6.07, 6.45) is 5.78. The van der Waals surface area contributed by atoms with E-state index in [2.05, 4.69) is 20.4 Å². The van der Waals surface area contributed by atoms with Crippen molar-refractivity contribution in [1.29, 1.82) is 0 Å². The summed E-state index contributed by atoms with van der Waals surface area (Å²) in [4.78, 5) is 8.64. The fourth-order valence-electron chi connectivity index (χ4n) is 2.45.